The number of nitrogens with one attached hydrogen (secondary N) is 1. The molecule has 0 saturated heterocycles. The topological polar surface area (TPSA) is 50.7 Å². The first-order chi connectivity index (χ1) is 11.3. The van der Waals surface area contributed by atoms with Crippen molar-refractivity contribution in [2.45, 2.75) is 6.92 Å². The van der Waals surface area contributed by atoms with Crippen molar-refractivity contribution in [1.29, 1.82) is 0 Å². The number of aromatic nitrogens is 3. The van der Waals surface area contributed by atoms with Crippen molar-refractivity contribution in [2.24, 2.45) is 0 Å². The molecule has 1 heterocycles. The highest BCUT2D eigenvalue weighted by Crippen LogP contribution is 2.20. The Labute approximate surface area is 137 Å². The Morgan fingerprint density at radius 2 is 1.17 bits per heavy atom. The molecule has 3 rings (SSSR count). The van der Waals surface area contributed by atoms with Gasteiger partial charge in [-0.1, -0.05) is 66.7 Å². The summed E-state index contributed by atoms with van der Waals surface area (Å²) in [5, 5.41) is 2.99. The fraction of sp³-hybridized carbons (Fsp3) is 0.105. The van der Waals surface area contributed by atoms with E-state index in [0.717, 1.165) is 11.1 Å². The Morgan fingerprint density at radius 3 is 1.52 bits per heavy atom. The fourth-order valence-electron chi connectivity index (χ4n) is 1.92. The van der Waals surface area contributed by atoms with Crippen LogP contribution in [-0.4, -0.2) is 22.0 Å². The van der Waals surface area contributed by atoms with Crippen LogP contribution in [0.5, 0.6) is 0 Å². The van der Waals surface area contributed by atoms with Gasteiger partial charge in [-0.05, 0) is 6.92 Å². The average Bonchev–Trinajstić information content (AvgIpc) is 2.63. The summed E-state index contributed by atoms with van der Waals surface area (Å²) in [5.74, 6) is 1.91. The number of hydrogen-bond acceptors (Lipinski definition) is 4. The molecule has 4 heteroatoms. The maximum absolute atomic E-state index is 4.56. The number of hydrogen-bond donors (Lipinski definition) is 1. The molecule has 0 bridgehead atoms. The van der Waals surface area contributed by atoms with Crippen LogP contribution in [0.1, 0.15) is 6.92 Å². The predicted octanol–water partition coefficient (Wildman–Crippen LogP) is 4.44. The van der Waals surface area contributed by atoms with E-state index in [1.165, 1.54) is 0 Å². The molecule has 116 valence electrons. The van der Waals surface area contributed by atoms with E-state index in [2.05, 4.69) is 26.8 Å². The lowest BCUT2D eigenvalue weighted by Crippen LogP contribution is -2.02. The molecule has 0 aliphatic carbocycles. The molecule has 0 aliphatic heterocycles. The zero-order valence-electron chi connectivity index (χ0n) is 13.4. The van der Waals surface area contributed by atoms with Crippen molar-refractivity contribution in [1.82, 2.24) is 15.0 Å². The van der Waals surface area contributed by atoms with Crippen molar-refractivity contribution in [2.75, 3.05) is 12.4 Å². The minimum absolute atomic E-state index is 0.567. The lowest BCUT2D eigenvalue weighted by atomic mass is 10.2. The van der Waals surface area contributed by atoms with Crippen LogP contribution in [0.3, 0.4) is 0 Å². The van der Waals surface area contributed by atoms with E-state index in [1.807, 2.05) is 67.6 Å². The molecule has 0 atom stereocenters. The minimum Gasteiger partial charge on any atom is -0.357 e. The van der Waals surface area contributed by atoms with Crippen molar-refractivity contribution in [3.05, 3.63) is 73.3 Å². The summed E-state index contributed by atoms with van der Waals surface area (Å²) < 4.78 is 0. The van der Waals surface area contributed by atoms with Gasteiger partial charge < -0.3 is 5.32 Å². The van der Waals surface area contributed by atoms with E-state index >= 15 is 0 Å². The lowest BCUT2D eigenvalue weighted by Gasteiger charge is -2.07. The van der Waals surface area contributed by atoms with Crippen LogP contribution in [0, 0.1) is 0 Å². The molecule has 0 saturated carbocycles. The molecular formula is C19H20N4. The Kier molecular flexibility index (Phi) is 6.00. The highest BCUT2D eigenvalue weighted by Gasteiger charge is 2.08. The van der Waals surface area contributed by atoms with Crippen LogP contribution in [-0.2, 0) is 0 Å². The van der Waals surface area contributed by atoms with Gasteiger partial charge in [0.1, 0.15) is 0 Å². The highest BCUT2D eigenvalue weighted by atomic mass is 15.1. The van der Waals surface area contributed by atoms with Crippen LogP contribution in [0.15, 0.2) is 73.3 Å². The number of anilines is 1. The van der Waals surface area contributed by atoms with Crippen molar-refractivity contribution < 1.29 is 0 Å². The summed E-state index contributed by atoms with van der Waals surface area (Å²) in [6, 6.07) is 19.8. The van der Waals surface area contributed by atoms with Gasteiger partial charge in [-0.15, -0.1) is 6.58 Å². The van der Waals surface area contributed by atoms with Crippen LogP contribution in [0.4, 0.5) is 5.95 Å². The van der Waals surface area contributed by atoms with Gasteiger partial charge in [0.25, 0.3) is 0 Å². The molecule has 2 aromatic carbocycles. The number of benzene rings is 2. The lowest BCUT2D eigenvalue weighted by molar-refractivity contribution is 1.06. The molecule has 23 heavy (non-hydrogen) atoms. The van der Waals surface area contributed by atoms with E-state index in [0.29, 0.717) is 17.6 Å². The Morgan fingerprint density at radius 1 is 0.783 bits per heavy atom. The molecule has 0 aliphatic rings. The SMILES string of the molecule is C=CC.CNc1nc(-c2ccccc2)nc(-c2ccccc2)n1. The van der Waals surface area contributed by atoms with Crippen molar-refractivity contribution in [3.8, 4) is 22.8 Å². The molecule has 0 radical (unpaired) electrons. The van der Waals surface area contributed by atoms with Gasteiger partial charge in [-0.3, -0.25) is 0 Å². The van der Waals surface area contributed by atoms with Crippen LogP contribution < -0.4 is 5.32 Å². The third-order valence-electron chi connectivity index (χ3n) is 2.92. The van der Waals surface area contributed by atoms with Crippen LogP contribution in [0.2, 0.25) is 0 Å². The Hall–Kier alpha value is -3.01. The zero-order valence-corrected chi connectivity index (χ0v) is 13.4. The molecular weight excluding hydrogens is 284 g/mol. The second-order valence-corrected chi connectivity index (χ2v) is 4.70. The van der Waals surface area contributed by atoms with Crippen LogP contribution in [0.25, 0.3) is 22.8 Å². The van der Waals surface area contributed by atoms with E-state index in [9.17, 15) is 0 Å². The number of nitrogens with zero attached hydrogens (tertiary/aromatic N) is 3. The summed E-state index contributed by atoms with van der Waals surface area (Å²) in [6.45, 7) is 5.25. The van der Waals surface area contributed by atoms with Crippen molar-refractivity contribution in [3.63, 3.8) is 0 Å². The zero-order chi connectivity index (χ0) is 16.5. The Balaban J connectivity index is 0.000000595. The molecule has 0 amide bonds. The standard InChI is InChI=1S/C16H14N4.C3H6/c1-17-16-19-14(12-8-4-2-5-9-12)18-15(20-16)13-10-6-3-7-11-13;1-3-2/h2-11H,1H3,(H,17,18,19,20);3H,1H2,2H3. The van der Waals surface area contributed by atoms with E-state index < -0.39 is 0 Å². The van der Waals surface area contributed by atoms with Gasteiger partial charge in [-0.2, -0.15) is 9.97 Å². The largest absolute Gasteiger partial charge is 0.357 e. The summed E-state index contributed by atoms with van der Waals surface area (Å²) in [5.41, 5.74) is 1.95. The molecule has 3 aromatic rings. The third-order valence-corrected chi connectivity index (χ3v) is 2.92. The van der Waals surface area contributed by atoms with E-state index in [-0.39, 0.29) is 0 Å². The molecule has 0 unspecified atom stereocenters. The van der Waals surface area contributed by atoms with Gasteiger partial charge in [0.15, 0.2) is 11.6 Å². The normalized spacial score (nSPS) is 9.48. The smallest absolute Gasteiger partial charge is 0.226 e. The molecule has 1 aromatic heterocycles. The molecule has 4 nitrogen and oxygen atoms in total. The van der Waals surface area contributed by atoms with Crippen molar-refractivity contribution >= 4 is 5.95 Å². The van der Waals surface area contributed by atoms with E-state index in [1.54, 1.807) is 13.1 Å². The summed E-state index contributed by atoms with van der Waals surface area (Å²) >= 11 is 0. The third kappa shape index (κ3) is 4.48. The summed E-state index contributed by atoms with van der Waals surface area (Å²) in [6.07, 6.45) is 1.75. The summed E-state index contributed by atoms with van der Waals surface area (Å²) in [7, 11) is 1.80. The average molecular weight is 304 g/mol. The van der Waals surface area contributed by atoms with Gasteiger partial charge in [0, 0.05) is 18.2 Å². The minimum atomic E-state index is 0.567. The van der Waals surface area contributed by atoms with Gasteiger partial charge in [0.05, 0.1) is 0 Å². The highest BCUT2D eigenvalue weighted by molar-refractivity contribution is 5.62. The summed E-state index contributed by atoms with van der Waals surface area (Å²) in [4.78, 5) is 13.4. The first-order valence-corrected chi connectivity index (χ1v) is 7.40. The quantitative estimate of drug-likeness (QED) is 0.727. The van der Waals surface area contributed by atoms with Gasteiger partial charge in [-0.25, -0.2) is 4.98 Å². The molecule has 0 fully saturated rings. The van der Waals surface area contributed by atoms with E-state index in [4.69, 9.17) is 0 Å². The monoisotopic (exact) mass is 304 g/mol. The van der Waals surface area contributed by atoms with Crippen LogP contribution >= 0.6 is 0 Å². The van der Waals surface area contributed by atoms with Gasteiger partial charge in [0.2, 0.25) is 5.95 Å². The predicted molar refractivity (Wildman–Crippen MR) is 96.1 cm³/mol. The Bertz CT molecular complexity index is 682. The maximum Gasteiger partial charge on any atom is 0.226 e. The second kappa shape index (κ2) is 8.44. The maximum atomic E-state index is 4.56. The second-order valence-electron chi connectivity index (χ2n) is 4.70. The first-order valence-electron chi connectivity index (χ1n) is 7.40. The molecule has 1 N–H and O–H groups in total. The first kappa shape index (κ1) is 16.4. The number of allylic oxidation sites excluding steroid dienone is 1. The molecule has 0 spiro atoms. The fourth-order valence-corrected chi connectivity index (χ4v) is 1.92. The van der Waals surface area contributed by atoms with Gasteiger partial charge >= 0.3 is 0 Å². The number of rotatable bonds is 3.